The molecule has 0 aromatic carbocycles. The molecule has 9 heteroatoms. The molecule has 15 heavy (non-hydrogen) atoms. The van der Waals surface area contributed by atoms with Crippen LogP contribution in [0.1, 0.15) is 12.0 Å². The van der Waals surface area contributed by atoms with Gasteiger partial charge in [0.2, 0.25) is 0 Å². The van der Waals surface area contributed by atoms with Gasteiger partial charge in [0.05, 0.1) is 5.56 Å². The van der Waals surface area contributed by atoms with Gasteiger partial charge in [-0.2, -0.15) is 0 Å². The minimum absolute atomic E-state index is 0.142. The second-order valence-electron chi connectivity index (χ2n) is 2.58. The summed E-state index contributed by atoms with van der Waals surface area (Å²) in [4.78, 5) is 12.1. The SMILES string of the molecule is NS(=O)(=O)c1[nH]c(=O)c(F)cc1C(F)F. The molecule has 0 aliphatic heterocycles. The number of alkyl halides is 2. The Labute approximate surface area is 81.8 Å². The summed E-state index contributed by atoms with van der Waals surface area (Å²) >= 11 is 0. The topological polar surface area (TPSA) is 93.0 Å². The van der Waals surface area contributed by atoms with E-state index < -0.39 is 38.4 Å². The van der Waals surface area contributed by atoms with Crippen molar-refractivity contribution in [1.82, 2.24) is 4.98 Å². The summed E-state index contributed by atoms with van der Waals surface area (Å²) in [5.74, 6) is -1.50. The van der Waals surface area contributed by atoms with Crippen LogP contribution in [0.3, 0.4) is 0 Å². The molecule has 0 unspecified atom stereocenters. The van der Waals surface area contributed by atoms with E-state index in [1.807, 2.05) is 0 Å². The maximum absolute atomic E-state index is 12.6. The van der Waals surface area contributed by atoms with Crippen LogP contribution in [0.5, 0.6) is 0 Å². The molecule has 0 spiro atoms. The molecule has 0 aliphatic rings. The van der Waals surface area contributed by atoms with Gasteiger partial charge < -0.3 is 4.98 Å². The highest BCUT2D eigenvalue weighted by molar-refractivity contribution is 7.89. The van der Waals surface area contributed by atoms with Crippen LogP contribution < -0.4 is 10.7 Å². The summed E-state index contributed by atoms with van der Waals surface area (Å²) in [5.41, 5.74) is -2.60. The molecular weight excluding hydrogens is 237 g/mol. The molecule has 0 aliphatic carbocycles. The largest absolute Gasteiger partial charge is 0.309 e. The molecule has 0 amide bonds. The summed E-state index contributed by atoms with van der Waals surface area (Å²) in [6.45, 7) is 0. The van der Waals surface area contributed by atoms with Crippen LogP contribution in [0.25, 0.3) is 0 Å². The first-order valence-corrected chi connectivity index (χ1v) is 5.02. The lowest BCUT2D eigenvalue weighted by Gasteiger charge is -2.05. The number of rotatable bonds is 2. The standard InChI is InChI=1S/C6H5F3N2O3S/c7-3-1-2(4(8)9)6(11-5(3)12)15(10,13)14/h1,4H,(H,11,12)(H2,10,13,14). The third-order valence-corrected chi connectivity index (χ3v) is 2.41. The Morgan fingerprint density at radius 2 is 1.93 bits per heavy atom. The van der Waals surface area contributed by atoms with Crippen LogP contribution >= 0.6 is 0 Å². The monoisotopic (exact) mass is 242 g/mol. The van der Waals surface area contributed by atoms with E-state index in [0.717, 1.165) is 0 Å². The smallest absolute Gasteiger partial charge is 0.284 e. The summed E-state index contributed by atoms with van der Waals surface area (Å²) in [6.07, 6.45) is -3.26. The number of aromatic nitrogens is 1. The molecule has 0 radical (unpaired) electrons. The van der Waals surface area contributed by atoms with Crippen molar-refractivity contribution in [2.45, 2.75) is 11.5 Å². The summed E-state index contributed by atoms with van der Waals surface area (Å²) in [7, 11) is -4.52. The van der Waals surface area contributed by atoms with Crippen LogP contribution in [0, 0.1) is 5.82 Å². The van der Waals surface area contributed by atoms with Gasteiger partial charge in [0.1, 0.15) is 0 Å². The highest BCUT2D eigenvalue weighted by atomic mass is 32.2. The molecule has 3 N–H and O–H groups in total. The lowest BCUT2D eigenvalue weighted by Crippen LogP contribution is -2.23. The highest BCUT2D eigenvalue weighted by Gasteiger charge is 2.23. The van der Waals surface area contributed by atoms with Gasteiger partial charge in [-0.3, -0.25) is 4.79 Å². The molecule has 0 atom stereocenters. The first-order valence-electron chi connectivity index (χ1n) is 3.47. The number of hydrogen-bond donors (Lipinski definition) is 2. The van der Waals surface area contributed by atoms with Crippen molar-refractivity contribution < 1.29 is 21.6 Å². The number of sulfonamides is 1. The summed E-state index contributed by atoms with van der Waals surface area (Å²) in [6, 6.07) is 0.142. The van der Waals surface area contributed by atoms with Crippen molar-refractivity contribution in [1.29, 1.82) is 0 Å². The normalized spacial score (nSPS) is 12.1. The van der Waals surface area contributed by atoms with Crippen molar-refractivity contribution in [2.75, 3.05) is 0 Å². The fraction of sp³-hybridized carbons (Fsp3) is 0.167. The second kappa shape index (κ2) is 3.66. The maximum atomic E-state index is 12.6. The summed E-state index contributed by atoms with van der Waals surface area (Å²) < 4.78 is 58.7. The van der Waals surface area contributed by atoms with Gasteiger partial charge in [0.15, 0.2) is 10.8 Å². The third-order valence-electron chi connectivity index (χ3n) is 1.51. The van der Waals surface area contributed by atoms with E-state index in [4.69, 9.17) is 0 Å². The molecule has 84 valence electrons. The Hall–Kier alpha value is -1.35. The van der Waals surface area contributed by atoms with E-state index in [9.17, 15) is 26.4 Å². The predicted molar refractivity (Wildman–Crippen MR) is 43.4 cm³/mol. The summed E-state index contributed by atoms with van der Waals surface area (Å²) in [5, 5.41) is 3.38. The van der Waals surface area contributed by atoms with Crippen LogP contribution in [-0.4, -0.2) is 13.4 Å². The molecular formula is C6H5F3N2O3S. The number of nitrogens with two attached hydrogens (primary N) is 1. The molecule has 0 saturated carbocycles. The van der Waals surface area contributed by atoms with Gasteiger partial charge in [-0.05, 0) is 6.07 Å². The van der Waals surface area contributed by atoms with Crippen LogP contribution in [0.15, 0.2) is 15.9 Å². The first kappa shape index (κ1) is 11.7. The van der Waals surface area contributed by atoms with Gasteiger partial charge >= 0.3 is 0 Å². The molecule has 0 fully saturated rings. The average molecular weight is 242 g/mol. The van der Waals surface area contributed by atoms with E-state index in [-0.39, 0.29) is 6.07 Å². The maximum Gasteiger partial charge on any atom is 0.284 e. The number of halogens is 3. The van der Waals surface area contributed by atoms with Crippen molar-refractivity contribution in [3.05, 3.63) is 27.8 Å². The number of pyridine rings is 1. The fourth-order valence-corrected chi connectivity index (χ4v) is 1.61. The van der Waals surface area contributed by atoms with Gasteiger partial charge in [-0.1, -0.05) is 0 Å². The molecule has 1 aromatic heterocycles. The lowest BCUT2D eigenvalue weighted by molar-refractivity contribution is 0.146. The van der Waals surface area contributed by atoms with E-state index in [1.54, 1.807) is 0 Å². The van der Waals surface area contributed by atoms with Crippen molar-refractivity contribution >= 4 is 10.0 Å². The zero-order chi connectivity index (χ0) is 11.8. The minimum Gasteiger partial charge on any atom is -0.309 e. The number of primary sulfonamides is 1. The zero-order valence-corrected chi connectivity index (χ0v) is 7.82. The third kappa shape index (κ3) is 2.36. The van der Waals surface area contributed by atoms with E-state index in [0.29, 0.717) is 0 Å². The van der Waals surface area contributed by atoms with Crippen LogP contribution in [0.2, 0.25) is 0 Å². The average Bonchev–Trinajstić information content (AvgIpc) is 2.06. The van der Waals surface area contributed by atoms with Gasteiger partial charge in [0.25, 0.3) is 22.0 Å². The Morgan fingerprint density at radius 1 is 1.40 bits per heavy atom. The van der Waals surface area contributed by atoms with Crippen LogP contribution in [0.4, 0.5) is 13.2 Å². The predicted octanol–water partition coefficient (Wildman–Crippen LogP) is 0.0990. The van der Waals surface area contributed by atoms with Crippen LogP contribution in [-0.2, 0) is 10.0 Å². The molecule has 1 aromatic rings. The van der Waals surface area contributed by atoms with Gasteiger partial charge in [-0.25, -0.2) is 26.7 Å². The van der Waals surface area contributed by atoms with Crippen molar-refractivity contribution in [3.63, 3.8) is 0 Å². The quantitative estimate of drug-likeness (QED) is 0.770. The van der Waals surface area contributed by atoms with E-state index >= 15 is 0 Å². The Balaban J connectivity index is 3.64. The minimum atomic E-state index is -4.52. The first-order chi connectivity index (χ1) is 6.73. The van der Waals surface area contributed by atoms with Crippen molar-refractivity contribution in [2.24, 2.45) is 5.14 Å². The lowest BCUT2D eigenvalue weighted by atomic mass is 10.3. The highest BCUT2D eigenvalue weighted by Crippen LogP contribution is 2.23. The number of aromatic amines is 1. The number of H-pyrrole nitrogens is 1. The van der Waals surface area contributed by atoms with Crippen molar-refractivity contribution in [3.8, 4) is 0 Å². The van der Waals surface area contributed by atoms with Gasteiger partial charge in [0, 0.05) is 0 Å². The fourth-order valence-electron chi connectivity index (χ4n) is 0.900. The molecule has 1 rings (SSSR count). The van der Waals surface area contributed by atoms with Gasteiger partial charge in [-0.15, -0.1) is 0 Å². The molecule has 5 nitrogen and oxygen atoms in total. The number of hydrogen-bond acceptors (Lipinski definition) is 3. The Kier molecular flexibility index (Phi) is 2.86. The second-order valence-corrected chi connectivity index (χ2v) is 4.07. The Bertz CT molecular complexity index is 537. The molecule has 0 saturated heterocycles. The van der Waals surface area contributed by atoms with E-state index in [2.05, 4.69) is 5.14 Å². The Morgan fingerprint density at radius 3 is 2.33 bits per heavy atom. The van der Waals surface area contributed by atoms with E-state index in [1.165, 1.54) is 4.98 Å². The zero-order valence-electron chi connectivity index (χ0n) is 7.00. The number of nitrogens with one attached hydrogen (secondary N) is 1. The molecule has 1 heterocycles. The molecule has 0 bridgehead atoms.